The Kier molecular flexibility index (Phi) is 4.86. The molecule has 0 aliphatic carbocycles. The summed E-state index contributed by atoms with van der Waals surface area (Å²) in [5.41, 5.74) is 0.645. The molecule has 0 radical (unpaired) electrons. The second kappa shape index (κ2) is 6.94. The Labute approximate surface area is 149 Å². The molecule has 1 aliphatic rings. The van der Waals surface area contributed by atoms with Crippen LogP contribution in [0.2, 0.25) is 0 Å². The van der Waals surface area contributed by atoms with E-state index in [-0.39, 0.29) is 23.5 Å². The molecule has 2 amide bonds. The summed E-state index contributed by atoms with van der Waals surface area (Å²) >= 11 is 0. The van der Waals surface area contributed by atoms with Crippen LogP contribution in [0.3, 0.4) is 0 Å². The van der Waals surface area contributed by atoms with Gasteiger partial charge >= 0.3 is 0 Å². The molecule has 7 nitrogen and oxygen atoms in total. The Morgan fingerprint density at radius 2 is 1.77 bits per heavy atom. The molecule has 3 N–H and O–H groups in total. The van der Waals surface area contributed by atoms with Crippen molar-refractivity contribution in [3.63, 3.8) is 0 Å². The molecule has 1 atom stereocenters. The zero-order chi connectivity index (χ0) is 18.9. The summed E-state index contributed by atoms with van der Waals surface area (Å²) in [6.07, 6.45) is -0.0809. The van der Waals surface area contributed by atoms with E-state index in [4.69, 9.17) is 5.14 Å². The summed E-state index contributed by atoms with van der Waals surface area (Å²) in [6.45, 7) is 0.236. The minimum atomic E-state index is -3.77. The van der Waals surface area contributed by atoms with Crippen molar-refractivity contribution in [1.29, 1.82) is 0 Å². The Hall–Kier alpha value is -2.62. The lowest BCUT2D eigenvalue weighted by molar-refractivity contribution is -0.121. The van der Waals surface area contributed by atoms with E-state index in [0.717, 1.165) is 4.90 Å². The number of hydrogen-bond acceptors (Lipinski definition) is 5. The van der Waals surface area contributed by atoms with Crippen molar-refractivity contribution in [2.45, 2.75) is 23.9 Å². The Morgan fingerprint density at radius 1 is 1.12 bits per heavy atom. The maximum absolute atomic E-state index is 13.9. The molecule has 0 saturated carbocycles. The van der Waals surface area contributed by atoms with Gasteiger partial charge in [-0.05, 0) is 29.8 Å². The number of hydrogen-bond donors (Lipinski definition) is 2. The van der Waals surface area contributed by atoms with E-state index in [0.29, 0.717) is 5.56 Å². The fourth-order valence-corrected chi connectivity index (χ4v) is 3.23. The SMILES string of the molecule is NS(=O)(=O)c1ccc(CNC2CC(=O)N(c3ccccc3F)C2=O)cc1. The Bertz CT molecular complexity index is 960. The largest absolute Gasteiger partial charge is 0.301 e. The minimum Gasteiger partial charge on any atom is -0.301 e. The van der Waals surface area contributed by atoms with Gasteiger partial charge in [0.1, 0.15) is 5.82 Å². The third-order valence-corrected chi connectivity index (χ3v) is 4.97. The van der Waals surface area contributed by atoms with Gasteiger partial charge in [0.05, 0.1) is 23.0 Å². The average molecular weight is 377 g/mol. The first-order chi connectivity index (χ1) is 12.3. The lowest BCUT2D eigenvalue weighted by atomic mass is 10.2. The molecule has 9 heteroatoms. The molecule has 26 heavy (non-hydrogen) atoms. The van der Waals surface area contributed by atoms with Crippen molar-refractivity contribution >= 4 is 27.5 Å². The van der Waals surface area contributed by atoms with Crippen LogP contribution in [0.5, 0.6) is 0 Å². The summed E-state index contributed by atoms with van der Waals surface area (Å²) in [7, 11) is -3.77. The number of nitrogens with one attached hydrogen (secondary N) is 1. The zero-order valence-electron chi connectivity index (χ0n) is 13.6. The van der Waals surface area contributed by atoms with E-state index in [1.807, 2.05) is 0 Å². The molecule has 1 saturated heterocycles. The van der Waals surface area contributed by atoms with E-state index in [1.54, 1.807) is 18.2 Å². The van der Waals surface area contributed by atoms with Crippen LogP contribution in [0.25, 0.3) is 0 Å². The normalized spacial score (nSPS) is 17.8. The quantitative estimate of drug-likeness (QED) is 0.752. The van der Waals surface area contributed by atoms with Gasteiger partial charge in [-0.3, -0.25) is 9.59 Å². The number of amides is 2. The smallest absolute Gasteiger partial charge is 0.251 e. The van der Waals surface area contributed by atoms with Crippen molar-refractivity contribution in [2.75, 3.05) is 4.90 Å². The van der Waals surface area contributed by atoms with Crippen molar-refractivity contribution in [1.82, 2.24) is 5.32 Å². The molecule has 2 aromatic rings. The van der Waals surface area contributed by atoms with Gasteiger partial charge in [-0.1, -0.05) is 24.3 Å². The van der Waals surface area contributed by atoms with Gasteiger partial charge in [-0.2, -0.15) is 0 Å². The number of carbonyl (C=O) groups is 2. The van der Waals surface area contributed by atoms with Crippen molar-refractivity contribution in [3.8, 4) is 0 Å². The number of benzene rings is 2. The average Bonchev–Trinajstić information content (AvgIpc) is 2.87. The highest BCUT2D eigenvalue weighted by Crippen LogP contribution is 2.25. The third kappa shape index (κ3) is 3.64. The van der Waals surface area contributed by atoms with E-state index < -0.39 is 33.7 Å². The number of para-hydroxylation sites is 1. The summed E-state index contributed by atoms with van der Waals surface area (Å²) < 4.78 is 36.3. The second-order valence-electron chi connectivity index (χ2n) is 5.85. The number of imide groups is 1. The van der Waals surface area contributed by atoms with Gasteiger partial charge < -0.3 is 5.32 Å². The second-order valence-corrected chi connectivity index (χ2v) is 7.41. The van der Waals surface area contributed by atoms with Gasteiger partial charge in [0.2, 0.25) is 15.9 Å². The zero-order valence-corrected chi connectivity index (χ0v) is 14.4. The fraction of sp³-hybridized carbons (Fsp3) is 0.176. The lowest BCUT2D eigenvalue weighted by Crippen LogP contribution is -2.38. The molecule has 136 valence electrons. The van der Waals surface area contributed by atoms with Gasteiger partial charge in [0.15, 0.2) is 0 Å². The number of halogens is 1. The van der Waals surface area contributed by atoms with E-state index in [2.05, 4.69) is 5.32 Å². The van der Waals surface area contributed by atoms with Crippen LogP contribution in [0.4, 0.5) is 10.1 Å². The standard InChI is InChI=1S/C17H16FN3O4S/c18-13-3-1-2-4-15(13)21-16(22)9-14(17(21)23)20-10-11-5-7-12(8-6-11)26(19,24)25/h1-8,14,20H,9-10H2,(H2,19,24,25). The molecule has 2 aromatic carbocycles. The van der Waals surface area contributed by atoms with Crippen molar-refractivity contribution in [2.24, 2.45) is 5.14 Å². The van der Waals surface area contributed by atoms with Crippen LogP contribution >= 0.6 is 0 Å². The van der Waals surface area contributed by atoms with Crippen LogP contribution in [0.1, 0.15) is 12.0 Å². The number of carbonyl (C=O) groups excluding carboxylic acids is 2. The van der Waals surface area contributed by atoms with Gasteiger partial charge in [-0.15, -0.1) is 0 Å². The van der Waals surface area contributed by atoms with Gasteiger partial charge in [-0.25, -0.2) is 22.8 Å². The van der Waals surface area contributed by atoms with Crippen molar-refractivity contribution in [3.05, 3.63) is 59.9 Å². The number of nitrogens with zero attached hydrogens (tertiary/aromatic N) is 1. The molecule has 1 heterocycles. The van der Waals surface area contributed by atoms with Crippen LogP contribution in [-0.2, 0) is 26.2 Å². The highest BCUT2D eigenvalue weighted by Gasteiger charge is 2.40. The van der Waals surface area contributed by atoms with Crippen LogP contribution < -0.4 is 15.4 Å². The van der Waals surface area contributed by atoms with Gasteiger partial charge in [0, 0.05) is 6.54 Å². The summed E-state index contributed by atoms with van der Waals surface area (Å²) in [5, 5.41) is 7.98. The predicted molar refractivity (Wildman–Crippen MR) is 92.0 cm³/mol. The molecular weight excluding hydrogens is 361 g/mol. The number of rotatable bonds is 5. The molecule has 0 spiro atoms. The first-order valence-corrected chi connectivity index (χ1v) is 9.28. The minimum absolute atomic E-state index is 0.0147. The van der Waals surface area contributed by atoms with Crippen LogP contribution in [0, 0.1) is 5.82 Å². The molecule has 0 bridgehead atoms. The highest BCUT2D eigenvalue weighted by molar-refractivity contribution is 7.89. The fourth-order valence-electron chi connectivity index (χ4n) is 2.72. The predicted octanol–water partition coefficient (Wildman–Crippen LogP) is 0.895. The van der Waals surface area contributed by atoms with Gasteiger partial charge in [0.25, 0.3) is 5.91 Å². The number of sulfonamides is 1. The lowest BCUT2D eigenvalue weighted by Gasteiger charge is -2.16. The first-order valence-electron chi connectivity index (χ1n) is 7.74. The van der Waals surface area contributed by atoms with Crippen LogP contribution in [-0.4, -0.2) is 26.3 Å². The number of anilines is 1. The Balaban J connectivity index is 1.69. The topological polar surface area (TPSA) is 110 Å². The molecule has 3 rings (SSSR count). The maximum atomic E-state index is 13.9. The summed E-state index contributed by atoms with van der Waals surface area (Å²) in [6, 6.07) is 10.6. The first kappa shape index (κ1) is 18.2. The molecule has 0 aromatic heterocycles. The molecular formula is C17H16FN3O4S. The van der Waals surface area contributed by atoms with E-state index in [1.165, 1.54) is 30.3 Å². The monoisotopic (exact) mass is 377 g/mol. The summed E-state index contributed by atoms with van der Waals surface area (Å²) in [5.74, 6) is -1.66. The number of nitrogens with two attached hydrogens (primary N) is 1. The van der Waals surface area contributed by atoms with E-state index >= 15 is 0 Å². The maximum Gasteiger partial charge on any atom is 0.251 e. The van der Waals surface area contributed by atoms with Crippen molar-refractivity contribution < 1.29 is 22.4 Å². The molecule has 1 unspecified atom stereocenters. The van der Waals surface area contributed by atoms with Crippen LogP contribution in [0.15, 0.2) is 53.4 Å². The molecule has 1 fully saturated rings. The number of primary sulfonamides is 1. The Morgan fingerprint density at radius 3 is 2.38 bits per heavy atom. The third-order valence-electron chi connectivity index (χ3n) is 4.04. The highest BCUT2D eigenvalue weighted by atomic mass is 32.2. The summed E-state index contributed by atoms with van der Waals surface area (Å²) in [4.78, 5) is 25.4. The van der Waals surface area contributed by atoms with E-state index in [9.17, 15) is 22.4 Å². The molecule has 1 aliphatic heterocycles.